The molecule has 0 spiro atoms. The van der Waals surface area contributed by atoms with E-state index in [0.29, 0.717) is 17.1 Å². The maximum absolute atomic E-state index is 12.5. The summed E-state index contributed by atoms with van der Waals surface area (Å²) in [6, 6.07) is 7.89. The van der Waals surface area contributed by atoms with Crippen molar-refractivity contribution in [3.8, 4) is 5.75 Å². The fourth-order valence-electron chi connectivity index (χ4n) is 2.57. The van der Waals surface area contributed by atoms with Gasteiger partial charge in [-0.15, -0.1) is 0 Å². The number of amides is 2. The van der Waals surface area contributed by atoms with Gasteiger partial charge in [-0.2, -0.15) is 0 Å². The van der Waals surface area contributed by atoms with Crippen LogP contribution in [0, 0.1) is 10.1 Å². The first-order chi connectivity index (χ1) is 13.3. The predicted octanol–water partition coefficient (Wildman–Crippen LogP) is 2.35. The third kappa shape index (κ3) is 3.75. The topological polar surface area (TPSA) is 137 Å². The van der Waals surface area contributed by atoms with Crippen LogP contribution in [0.25, 0.3) is 0 Å². The van der Waals surface area contributed by atoms with Crippen LogP contribution < -0.4 is 15.4 Å². The molecule has 0 aromatic heterocycles. The Labute approximate surface area is 158 Å². The number of hydrogen-bond donors (Lipinski definition) is 2. The predicted molar refractivity (Wildman–Crippen MR) is 97.6 cm³/mol. The lowest BCUT2D eigenvalue weighted by atomic mass is 10.1. The summed E-state index contributed by atoms with van der Waals surface area (Å²) < 4.78 is 9.99. The molecule has 2 aromatic rings. The second kappa shape index (κ2) is 7.35. The summed E-state index contributed by atoms with van der Waals surface area (Å²) in [6.45, 7) is 1.61. The number of carbonyl (C=O) groups is 3. The molecule has 0 saturated carbocycles. The van der Waals surface area contributed by atoms with Crippen LogP contribution in [0.3, 0.4) is 0 Å². The standard InChI is InChI=1S/C18H15N3O7/c1-9-16(22)20-14-8-12(3-4-15(14)28-9)19-17(23)10-5-11(18(24)27-2)7-13(6-10)21(25)26/h3-9H,1-2H3,(H,19,23)(H,20,22). The van der Waals surface area contributed by atoms with E-state index in [1.54, 1.807) is 19.1 Å². The van der Waals surface area contributed by atoms with Gasteiger partial charge < -0.3 is 20.1 Å². The Hall–Kier alpha value is -3.95. The molecule has 0 bridgehead atoms. The van der Waals surface area contributed by atoms with Gasteiger partial charge in [0.15, 0.2) is 6.10 Å². The molecule has 0 aliphatic carbocycles. The molecule has 1 atom stereocenters. The zero-order valence-corrected chi connectivity index (χ0v) is 14.8. The summed E-state index contributed by atoms with van der Waals surface area (Å²) in [5.74, 6) is -1.35. The number of anilines is 2. The van der Waals surface area contributed by atoms with Gasteiger partial charge in [0.1, 0.15) is 5.75 Å². The number of esters is 1. The number of carbonyl (C=O) groups excluding carboxylic acids is 3. The monoisotopic (exact) mass is 385 g/mol. The smallest absolute Gasteiger partial charge is 0.338 e. The number of methoxy groups -OCH3 is 1. The van der Waals surface area contributed by atoms with E-state index in [2.05, 4.69) is 15.4 Å². The molecular formula is C18H15N3O7. The van der Waals surface area contributed by atoms with Gasteiger partial charge >= 0.3 is 5.97 Å². The van der Waals surface area contributed by atoms with Crippen LogP contribution in [0.5, 0.6) is 5.75 Å². The molecule has 28 heavy (non-hydrogen) atoms. The van der Waals surface area contributed by atoms with E-state index < -0.39 is 28.6 Å². The number of hydrogen-bond acceptors (Lipinski definition) is 7. The quantitative estimate of drug-likeness (QED) is 0.468. The number of fused-ring (bicyclic) bond motifs is 1. The number of nitrogens with one attached hydrogen (secondary N) is 2. The molecule has 1 unspecified atom stereocenters. The van der Waals surface area contributed by atoms with Crippen molar-refractivity contribution in [3.05, 3.63) is 57.6 Å². The van der Waals surface area contributed by atoms with Crippen LogP contribution in [0.2, 0.25) is 0 Å². The normalized spacial score (nSPS) is 14.9. The molecule has 2 aromatic carbocycles. The zero-order valence-electron chi connectivity index (χ0n) is 14.8. The van der Waals surface area contributed by atoms with Gasteiger partial charge in [-0.3, -0.25) is 19.7 Å². The second-order valence-corrected chi connectivity index (χ2v) is 5.93. The lowest BCUT2D eigenvalue weighted by Crippen LogP contribution is -2.34. The van der Waals surface area contributed by atoms with Crippen LogP contribution in [0.15, 0.2) is 36.4 Å². The van der Waals surface area contributed by atoms with E-state index in [-0.39, 0.29) is 17.0 Å². The Bertz CT molecular complexity index is 1000. The van der Waals surface area contributed by atoms with Gasteiger partial charge in [-0.25, -0.2) is 4.79 Å². The Kier molecular flexibility index (Phi) is 4.94. The van der Waals surface area contributed by atoms with Crippen LogP contribution in [0.4, 0.5) is 17.1 Å². The lowest BCUT2D eigenvalue weighted by molar-refractivity contribution is -0.384. The maximum atomic E-state index is 12.5. The van der Waals surface area contributed by atoms with Gasteiger partial charge in [0.2, 0.25) is 0 Å². The number of rotatable bonds is 4. The highest BCUT2D eigenvalue weighted by molar-refractivity contribution is 6.07. The third-order valence-electron chi connectivity index (χ3n) is 3.98. The summed E-state index contributed by atoms with van der Waals surface area (Å²) >= 11 is 0. The Morgan fingerprint density at radius 3 is 2.61 bits per heavy atom. The van der Waals surface area contributed by atoms with Gasteiger partial charge in [0, 0.05) is 23.4 Å². The first-order valence-corrected chi connectivity index (χ1v) is 8.09. The fourth-order valence-corrected chi connectivity index (χ4v) is 2.57. The minimum Gasteiger partial charge on any atom is -0.479 e. The van der Waals surface area contributed by atoms with Crippen molar-refractivity contribution >= 4 is 34.8 Å². The average molecular weight is 385 g/mol. The number of nitro benzene ring substituents is 1. The van der Waals surface area contributed by atoms with Crippen molar-refractivity contribution in [2.45, 2.75) is 13.0 Å². The molecule has 1 aliphatic rings. The average Bonchev–Trinajstić information content (AvgIpc) is 2.68. The summed E-state index contributed by atoms with van der Waals surface area (Å²) in [6.07, 6.45) is -0.630. The molecule has 10 nitrogen and oxygen atoms in total. The molecule has 1 heterocycles. The highest BCUT2D eigenvalue weighted by Gasteiger charge is 2.24. The van der Waals surface area contributed by atoms with E-state index in [1.807, 2.05) is 0 Å². The zero-order chi connectivity index (χ0) is 20.4. The van der Waals surface area contributed by atoms with E-state index in [4.69, 9.17) is 4.74 Å². The van der Waals surface area contributed by atoms with Gasteiger partial charge in [-0.05, 0) is 31.2 Å². The molecular weight excluding hydrogens is 370 g/mol. The third-order valence-corrected chi connectivity index (χ3v) is 3.98. The molecule has 2 amide bonds. The van der Waals surface area contributed by atoms with Crippen molar-refractivity contribution in [1.29, 1.82) is 0 Å². The minimum atomic E-state index is -0.805. The summed E-state index contributed by atoms with van der Waals surface area (Å²) in [4.78, 5) is 46.3. The number of benzene rings is 2. The minimum absolute atomic E-state index is 0.0961. The molecule has 144 valence electrons. The van der Waals surface area contributed by atoms with Crippen molar-refractivity contribution in [1.82, 2.24) is 0 Å². The van der Waals surface area contributed by atoms with Crippen LogP contribution in [-0.4, -0.2) is 35.9 Å². The van der Waals surface area contributed by atoms with E-state index in [1.165, 1.54) is 12.1 Å². The Morgan fingerprint density at radius 2 is 1.93 bits per heavy atom. The van der Waals surface area contributed by atoms with Gasteiger partial charge in [-0.1, -0.05) is 0 Å². The molecule has 3 rings (SSSR count). The highest BCUT2D eigenvalue weighted by atomic mass is 16.6. The fraction of sp³-hybridized carbons (Fsp3) is 0.167. The van der Waals surface area contributed by atoms with Gasteiger partial charge in [0.05, 0.1) is 23.3 Å². The molecule has 0 radical (unpaired) electrons. The highest BCUT2D eigenvalue weighted by Crippen LogP contribution is 2.32. The first-order valence-electron chi connectivity index (χ1n) is 8.09. The Balaban J connectivity index is 1.88. The molecule has 2 N–H and O–H groups in total. The lowest BCUT2D eigenvalue weighted by Gasteiger charge is -2.23. The van der Waals surface area contributed by atoms with Crippen molar-refractivity contribution in [2.75, 3.05) is 17.7 Å². The molecule has 10 heteroatoms. The van der Waals surface area contributed by atoms with Crippen LogP contribution in [-0.2, 0) is 9.53 Å². The Morgan fingerprint density at radius 1 is 1.21 bits per heavy atom. The SMILES string of the molecule is COC(=O)c1cc(C(=O)Nc2ccc3c(c2)NC(=O)C(C)O3)cc([N+](=O)[O-])c1. The van der Waals surface area contributed by atoms with Crippen molar-refractivity contribution in [3.63, 3.8) is 0 Å². The molecule has 0 fully saturated rings. The summed E-state index contributed by atoms with van der Waals surface area (Å²) in [5, 5.41) is 16.3. The second-order valence-electron chi connectivity index (χ2n) is 5.93. The number of nitrogens with zero attached hydrogens (tertiary/aromatic N) is 1. The molecule has 1 aliphatic heterocycles. The number of nitro groups is 1. The van der Waals surface area contributed by atoms with E-state index >= 15 is 0 Å². The first kappa shape index (κ1) is 18.8. The van der Waals surface area contributed by atoms with Crippen molar-refractivity contribution in [2.24, 2.45) is 0 Å². The largest absolute Gasteiger partial charge is 0.479 e. The summed E-state index contributed by atoms with van der Waals surface area (Å²) in [7, 11) is 1.13. The van der Waals surface area contributed by atoms with E-state index in [0.717, 1.165) is 19.2 Å². The van der Waals surface area contributed by atoms with Crippen LogP contribution >= 0.6 is 0 Å². The van der Waals surface area contributed by atoms with E-state index in [9.17, 15) is 24.5 Å². The summed E-state index contributed by atoms with van der Waals surface area (Å²) in [5.41, 5.74) is 0.0693. The van der Waals surface area contributed by atoms with Crippen LogP contribution in [0.1, 0.15) is 27.6 Å². The molecule has 0 saturated heterocycles. The maximum Gasteiger partial charge on any atom is 0.338 e. The van der Waals surface area contributed by atoms with Gasteiger partial charge in [0.25, 0.3) is 17.5 Å². The van der Waals surface area contributed by atoms with Crippen molar-refractivity contribution < 1.29 is 28.8 Å². The number of non-ortho nitro benzene ring substituents is 1. The number of ether oxygens (including phenoxy) is 2.